The number of benzene rings is 1. The number of nitrogens with zero attached hydrogens (tertiary/aromatic N) is 2. The predicted octanol–water partition coefficient (Wildman–Crippen LogP) is 1.16. The molecule has 0 saturated heterocycles. The van der Waals surface area contributed by atoms with Crippen molar-refractivity contribution in [3.05, 3.63) is 50.2 Å². The first-order valence-corrected chi connectivity index (χ1v) is 12.0. The number of pyridine rings is 1. The van der Waals surface area contributed by atoms with Crippen molar-refractivity contribution in [2.75, 3.05) is 6.61 Å². The van der Waals surface area contributed by atoms with Crippen LogP contribution in [0.25, 0.3) is 22.3 Å². The maximum atomic E-state index is 12.7. The number of esters is 4. The smallest absolute Gasteiger partial charge is 0.349 e. The fourth-order valence-corrected chi connectivity index (χ4v) is 4.21. The number of fused-ring (bicyclic) bond motifs is 2. The van der Waals surface area contributed by atoms with Crippen LogP contribution >= 0.6 is 0 Å². The van der Waals surface area contributed by atoms with E-state index in [0.717, 1.165) is 38.8 Å². The summed E-state index contributed by atoms with van der Waals surface area (Å²) in [5, 5.41) is 0.624. The van der Waals surface area contributed by atoms with Crippen molar-refractivity contribution in [1.29, 1.82) is 0 Å². The summed E-state index contributed by atoms with van der Waals surface area (Å²) in [6.45, 7) is 7.44. The molecule has 2 heterocycles. The van der Waals surface area contributed by atoms with Crippen LogP contribution in [0.1, 0.15) is 38.8 Å². The van der Waals surface area contributed by atoms with Gasteiger partial charge in [-0.2, -0.15) is 4.98 Å². The molecule has 0 fully saturated rings. The molecule has 1 aromatic rings. The second-order valence-electron chi connectivity index (χ2n) is 9.03. The van der Waals surface area contributed by atoms with Gasteiger partial charge in [-0.15, -0.1) is 0 Å². The van der Waals surface area contributed by atoms with Gasteiger partial charge in [-0.05, 0) is 48.6 Å². The van der Waals surface area contributed by atoms with Crippen molar-refractivity contribution < 1.29 is 38.1 Å². The van der Waals surface area contributed by atoms with E-state index in [2.05, 4.69) is 9.97 Å². The zero-order valence-electron chi connectivity index (χ0n) is 22.4. The van der Waals surface area contributed by atoms with Gasteiger partial charge in [-0.3, -0.25) is 29.0 Å². The van der Waals surface area contributed by atoms with E-state index >= 15 is 0 Å². The zero-order chi connectivity index (χ0) is 29.0. The highest BCUT2D eigenvalue weighted by Crippen LogP contribution is 2.28. The molecule has 208 valence electrons. The topological polar surface area (TPSA) is 173 Å². The van der Waals surface area contributed by atoms with E-state index < -0.39 is 60.0 Å². The van der Waals surface area contributed by atoms with Crippen LogP contribution < -0.4 is 11.2 Å². The average molecular weight is 544 g/mol. The van der Waals surface area contributed by atoms with Gasteiger partial charge in [-0.25, -0.2) is 4.79 Å². The van der Waals surface area contributed by atoms with Gasteiger partial charge in [-0.1, -0.05) is 0 Å². The lowest BCUT2D eigenvalue weighted by Gasteiger charge is -2.33. The second kappa shape index (κ2) is 11.9. The minimum absolute atomic E-state index is 0.0118. The number of carbonyl (C=O) groups is 4. The average Bonchev–Trinajstić information content (AvgIpc) is 2.80. The summed E-state index contributed by atoms with van der Waals surface area (Å²) < 4.78 is 22.8. The molecule has 1 aromatic carbocycles. The van der Waals surface area contributed by atoms with Crippen molar-refractivity contribution in [2.24, 2.45) is 0 Å². The molecule has 1 N–H and O–H groups in total. The minimum Gasteiger partial charge on any atom is -0.462 e. The van der Waals surface area contributed by atoms with Gasteiger partial charge in [0.2, 0.25) is 0 Å². The minimum atomic E-state index is -1.45. The number of hydrogen-bond acceptors (Lipinski definition) is 11. The number of aromatic nitrogens is 3. The Hall–Kier alpha value is -4.55. The molecule has 0 bridgehead atoms. The molecule has 0 aliphatic carbocycles. The van der Waals surface area contributed by atoms with Gasteiger partial charge in [0.15, 0.2) is 24.1 Å². The molecular formula is C26H29N3O10. The summed E-state index contributed by atoms with van der Waals surface area (Å²) >= 11 is 0. The molecule has 0 spiro atoms. The number of nitrogens with one attached hydrogen (secondary N) is 1. The standard InChI is InChI=1S/C26H29N3O10/c1-12-7-18-9-19-24(27-26(35)28-25(19)34)29(20(18)8-13(12)2)10-21(37-15(4)31)23(39-17(6)33)22(38-16(5)32)11-36-14(3)30/h7-9,21-23H,10-11H2,1-6H3,(H,28,34,35)/t21-,22+,23-/m0/s1. The Morgan fingerprint density at radius 2 is 1.44 bits per heavy atom. The van der Waals surface area contributed by atoms with Crippen LogP contribution in [0.3, 0.4) is 0 Å². The van der Waals surface area contributed by atoms with E-state index in [1.807, 2.05) is 26.0 Å². The maximum Gasteiger partial charge on any atom is 0.349 e. The second-order valence-corrected chi connectivity index (χ2v) is 9.03. The Bertz CT molecular complexity index is 1520. The molecule has 0 amide bonds. The van der Waals surface area contributed by atoms with Crippen LogP contribution in [-0.2, 0) is 44.7 Å². The first kappa shape index (κ1) is 29.0. The number of ether oxygens (including phenoxy) is 4. The summed E-state index contributed by atoms with van der Waals surface area (Å²) in [5.41, 5.74) is 0.878. The quantitative estimate of drug-likeness (QED) is 0.233. The molecule has 2 aliphatic heterocycles. The van der Waals surface area contributed by atoms with Crippen LogP contribution in [0, 0.1) is 13.8 Å². The third-order valence-corrected chi connectivity index (χ3v) is 5.89. The molecule has 39 heavy (non-hydrogen) atoms. The number of H-pyrrole nitrogens is 1. The fraction of sp³-hybridized carbons (Fsp3) is 0.423. The van der Waals surface area contributed by atoms with Crippen LogP contribution in [-0.4, -0.2) is 63.3 Å². The number of aryl methyl sites for hydroxylation is 2. The predicted molar refractivity (Wildman–Crippen MR) is 136 cm³/mol. The Labute approximate surface area is 222 Å². The monoisotopic (exact) mass is 543 g/mol. The van der Waals surface area contributed by atoms with E-state index in [4.69, 9.17) is 18.9 Å². The summed E-state index contributed by atoms with van der Waals surface area (Å²) in [6, 6.07) is 5.25. The number of aromatic amines is 1. The number of hydrogen-bond donors (Lipinski definition) is 1. The van der Waals surface area contributed by atoms with Crippen LogP contribution in [0.15, 0.2) is 27.8 Å². The lowest BCUT2D eigenvalue weighted by atomic mass is 10.0. The molecule has 0 unspecified atom stereocenters. The first-order chi connectivity index (χ1) is 18.3. The van der Waals surface area contributed by atoms with Crippen LogP contribution in [0.4, 0.5) is 0 Å². The first-order valence-electron chi connectivity index (χ1n) is 12.0. The van der Waals surface area contributed by atoms with Crippen molar-refractivity contribution in [2.45, 2.75) is 66.4 Å². The Morgan fingerprint density at radius 3 is 2.03 bits per heavy atom. The van der Waals surface area contributed by atoms with E-state index in [0.29, 0.717) is 10.9 Å². The van der Waals surface area contributed by atoms with Gasteiger partial charge in [0.05, 0.1) is 17.6 Å². The van der Waals surface area contributed by atoms with E-state index in [1.165, 1.54) is 4.57 Å². The molecule has 0 radical (unpaired) electrons. The third kappa shape index (κ3) is 7.06. The largest absolute Gasteiger partial charge is 0.462 e. The van der Waals surface area contributed by atoms with E-state index in [9.17, 15) is 28.8 Å². The van der Waals surface area contributed by atoms with Gasteiger partial charge < -0.3 is 23.5 Å². The Balaban J connectivity index is 2.28. The molecule has 13 nitrogen and oxygen atoms in total. The molecular weight excluding hydrogens is 514 g/mol. The van der Waals surface area contributed by atoms with Gasteiger partial charge in [0.25, 0.3) is 5.56 Å². The number of rotatable bonds is 9. The van der Waals surface area contributed by atoms with Crippen molar-refractivity contribution in [3.63, 3.8) is 0 Å². The van der Waals surface area contributed by atoms with Gasteiger partial charge >= 0.3 is 29.6 Å². The lowest BCUT2D eigenvalue weighted by molar-refractivity contribution is -0.190. The highest BCUT2D eigenvalue weighted by molar-refractivity contribution is 5.86. The van der Waals surface area contributed by atoms with Crippen molar-refractivity contribution in [3.8, 4) is 11.4 Å². The molecule has 3 atom stereocenters. The van der Waals surface area contributed by atoms with Gasteiger partial charge in [0.1, 0.15) is 6.61 Å². The Morgan fingerprint density at radius 1 is 0.846 bits per heavy atom. The molecule has 13 heteroatoms. The fourth-order valence-electron chi connectivity index (χ4n) is 4.21. The van der Waals surface area contributed by atoms with Crippen LogP contribution in [0.2, 0.25) is 0 Å². The summed E-state index contributed by atoms with van der Waals surface area (Å²) in [7, 11) is 0. The Kier molecular flexibility index (Phi) is 8.84. The summed E-state index contributed by atoms with van der Waals surface area (Å²) in [5.74, 6) is -3.04. The molecule has 2 aliphatic rings. The SMILES string of the molecule is CC(=O)OC[C@@H](OC(C)=O)[C@@H](OC(C)=O)[C@H](Cn1c2nc(=O)[nH]c(=O)c-2cc2cc(C)c(C)cc21)OC(C)=O. The zero-order valence-corrected chi connectivity index (χ0v) is 22.4. The van der Waals surface area contributed by atoms with Gasteiger partial charge in [0, 0.05) is 27.7 Å². The summed E-state index contributed by atoms with van der Waals surface area (Å²) in [4.78, 5) is 78.7. The third-order valence-electron chi connectivity index (χ3n) is 5.89. The van der Waals surface area contributed by atoms with Crippen molar-refractivity contribution >= 4 is 34.8 Å². The highest BCUT2D eigenvalue weighted by atomic mass is 16.6. The lowest BCUT2D eigenvalue weighted by Crippen LogP contribution is -2.49. The maximum absolute atomic E-state index is 12.7. The molecule has 3 rings (SSSR count). The normalized spacial score (nSPS) is 13.4. The molecule has 0 saturated carbocycles. The number of carbonyl (C=O) groups excluding carboxylic acids is 4. The van der Waals surface area contributed by atoms with E-state index in [-0.39, 0.29) is 17.9 Å². The van der Waals surface area contributed by atoms with Crippen LogP contribution in [0.5, 0.6) is 0 Å². The molecule has 0 aromatic heterocycles. The van der Waals surface area contributed by atoms with E-state index in [1.54, 1.807) is 6.07 Å². The summed E-state index contributed by atoms with van der Waals surface area (Å²) in [6.07, 6.45) is -4.16. The highest BCUT2D eigenvalue weighted by Gasteiger charge is 2.39. The van der Waals surface area contributed by atoms with Crippen molar-refractivity contribution in [1.82, 2.24) is 14.5 Å².